The zero-order valence-electron chi connectivity index (χ0n) is 18.6. The lowest BCUT2D eigenvalue weighted by Crippen LogP contribution is -2.52. The van der Waals surface area contributed by atoms with Crippen LogP contribution in [0.15, 0.2) is 83.9 Å². The molecular formula is C25H22BClN2O4S. The van der Waals surface area contributed by atoms with E-state index in [1.165, 1.54) is 4.22 Å². The Kier molecular flexibility index (Phi) is 5.76. The number of sulfonamides is 1. The van der Waals surface area contributed by atoms with E-state index < -0.39 is 35.0 Å². The van der Waals surface area contributed by atoms with Gasteiger partial charge >= 0.3 is 13.0 Å². The van der Waals surface area contributed by atoms with Crippen LogP contribution in [0.5, 0.6) is 0 Å². The molecule has 6 nitrogen and oxygen atoms in total. The van der Waals surface area contributed by atoms with Crippen LogP contribution in [0.1, 0.15) is 24.0 Å². The van der Waals surface area contributed by atoms with Crippen molar-refractivity contribution in [2.24, 2.45) is 0 Å². The molecule has 172 valence electrons. The zero-order valence-corrected chi connectivity index (χ0v) is 20.2. The first-order valence-electron chi connectivity index (χ1n) is 10.9. The third kappa shape index (κ3) is 3.81. The molecule has 0 spiro atoms. The van der Waals surface area contributed by atoms with Crippen molar-refractivity contribution in [1.82, 2.24) is 9.20 Å². The number of fused-ring (bicyclic) bond motifs is 1. The number of rotatable bonds is 5. The Labute approximate surface area is 203 Å². The van der Waals surface area contributed by atoms with Gasteiger partial charge in [-0.1, -0.05) is 66.6 Å². The van der Waals surface area contributed by atoms with Gasteiger partial charge in [0.25, 0.3) is 0 Å². The average molecular weight is 493 g/mol. The SMILES string of the molecule is Cc1ccc(S(=O)(=O)N2B(c3ccc(Cl)cc3)OC(=O)[C@@H]2[C@H](C)c2c[nH]c3ccccc23)cc1. The predicted octanol–water partition coefficient (Wildman–Crippen LogP) is 4.24. The second kappa shape index (κ2) is 8.62. The summed E-state index contributed by atoms with van der Waals surface area (Å²) in [6.07, 6.45) is 1.83. The van der Waals surface area contributed by atoms with E-state index in [4.69, 9.17) is 16.3 Å². The first kappa shape index (κ1) is 22.7. The maximum Gasteiger partial charge on any atom is 0.502 e. The largest absolute Gasteiger partial charge is 0.514 e. The van der Waals surface area contributed by atoms with Crippen molar-refractivity contribution in [3.63, 3.8) is 0 Å². The van der Waals surface area contributed by atoms with Crippen LogP contribution in [-0.4, -0.2) is 36.7 Å². The number of aryl methyl sites for hydroxylation is 1. The van der Waals surface area contributed by atoms with E-state index in [2.05, 4.69) is 4.98 Å². The predicted molar refractivity (Wildman–Crippen MR) is 134 cm³/mol. The number of carbonyl (C=O) groups excluding carboxylic acids is 1. The fourth-order valence-corrected chi connectivity index (χ4v) is 6.33. The number of benzene rings is 3. The normalized spacial score (nSPS) is 17.8. The van der Waals surface area contributed by atoms with Gasteiger partial charge in [0.15, 0.2) is 0 Å². The van der Waals surface area contributed by atoms with Crippen molar-refractivity contribution in [2.45, 2.75) is 30.7 Å². The molecule has 0 bridgehead atoms. The minimum Gasteiger partial charge on any atom is -0.514 e. The number of carbonyl (C=O) groups is 1. The Hall–Kier alpha value is -3.07. The first-order valence-corrected chi connectivity index (χ1v) is 12.7. The monoisotopic (exact) mass is 492 g/mol. The summed E-state index contributed by atoms with van der Waals surface area (Å²) in [5.41, 5.74) is 3.23. The summed E-state index contributed by atoms with van der Waals surface area (Å²) in [5, 5.41) is 1.44. The van der Waals surface area contributed by atoms with Gasteiger partial charge < -0.3 is 9.64 Å². The lowest BCUT2D eigenvalue weighted by molar-refractivity contribution is -0.134. The number of para-hydroxylation sites is 1. The number of nitrogens with zero attached hydrogens (tertiary/aromatic N) is 1. The van der Waals surface area contributed by atoms with Gasteiger partial charge in [0.1, 0.15) is 6.04 Å². The van der Waals surface area contributed by atoms with Gasteiger partial charge in [-0.25, -0.2) is 8.42 Å². The molecule has 0 saturated carbocycles. The quantitative estimate of drug-likeness (QED) is 0.423. The van der Waals surface area contributed by atoms with Crippen molar-refractivity contribution in [1.29, 1.82) is 0 Å². The molecule has 0 unspecified atom stereocenters. The summed E-state index contributed by atoms with van der Waals surface area (Å²) < 4.78 is 34.8. The van der Waals surface area contributed by atoms with Crippen molar-refractivity contribution < 1.29 is 17.9 Å². The molecule has 1 aromatic heterocycles. The van der Waals surface area contributed by atoms with Crippen LogP contribution < -0.4 is 5.46 Å². The fourth-order valence-electron chi connectivity index (χ4n) is 4.50. The number of H-pyrrole nitrogens is 1. The van der Waals surface area contributed by atoms with Crippen LogP contribution in [-0.2, 0) is 19.5 Å². The number of nitrogens with one attached hydrogen (secondary N) is 1. The van der Waals surface area contributed by atoms with Gasteiger partial charge in [-0.15, -0.1) is 0 Å². The van der Waals surface area contributed by atoms with Crippen LogP contribution >= 0.6 is 11.6 Å². The van der Waals surface area contributed by atoms with Crippen molar-refractivity contribution in [3.8, 4) is 0 Å². The van der Waals surface area contributed by atoms with Crippen LogP contribution in [0.25, 0.3) is 10.9 Å². The molecule has 2 heterocycles. The summed E-state index contributed by atoms with van der Waals surface area (Å²) in [6, 6.07) is 19.9. The van der Waals surface area contributed by atoms with E-state index in [0.29, 0.717) is 10.5 Å². The number of hydrogen-bond donors (Lipinski definition) is 1. The minimum atomic E-state index is -4.09. The fraction of sp³-hybridized carbons (Fsp3) is 0.160. The molecule has 4 aromatic rings. The van der Waals surface area contributed by atoms with Crippen molar-refractivity contribution in [3.05, 3.63) is 95.1 Å². The van der Waals surface area contributed by atoms with Gasteiger partial charge in [-0.2, -0.15) is 4.22 Å². The van der Waals surface area contributed by atoms with Gasteiger partial charge in [-0.05, 0) is 48.3 Å². The van der Waals surface area contributed by atoms with E-state index in [0.717, 1.165) is 22.0 Å². The average Bonchev–Trinajstić information content (AvgIpc) is 3.41. The molecular weight excluding hydrogens is 471 g/mol. The molecule has 9 heteroatoms. The molecule has 1 aliphatic rings. The van der Waals surface area contributed by atoms with E-state index >= 15 is 0 Å². The van der Waals surface area contributed by atoms with E-state index in [1.54, 1.807) is 48.5 Å². The molecule has 34 heavy (non-hydrogen) atoms. The summed E-state index contributed by atoms with van der Waals surface area (Å²) in [4.78, 5) is 16.6. The van der Waals surface area contributed by atoms with E-state index in [-0.39, 0.29) is 4.90 Å². The molecule has 1 fully saturated rings. The summed E-state index contributed by atoms with van der Waals surface area (Å²) in [5.74, 6) is -1.06. The molecule has 0 amide bonds. The highest BCUT2D eigenvalue weighted by molar-refractivity contribution is 7.90. The Morgan fingerprint density at radius 3 is 2.41 bits per heavy atom. The topological polar surface area (TPSA) is 79.5 Å². The van der Waals surface area contributed by atoms with Gasteiger partial charge in [0.05, 0.1) is 4.90 Å². The highest BCUT2D eigenvalue weighted by Gasteiger charge is 2.55. The summed E-state index contributed by atoms with van der Waals surface area (Å²) >= 11 is 6.04. The second-order valence-electron chi connectivity index (χ2n) is 8.51. The van der Waals surface area contributed by atoms with Crippen molar-refractivity contribution in [2.75, 3.05) is 0 Å². The van der Waals surface area contributed by atoms with Gasteiger partial charge in [-0.3, -0.25) is 4.79 Å². The van der Waals surface area contributed by atoms with Crippen LogP contribution in [0.2, 0.25) is 5.02 Å². The third-order valence-electron chi connectivity index (χ3n) is 6.31. The Bertz CT molecular complexity index is 1470. The van der Waals surface area contributed by atoms with Crippen LogP contribution in [0.4, 0.5) is 0 Å². The highest BCUT2D eigenvalue weighted by atomic mass is 35.5. The molecule has 1 N–H and O–H groups in total. The Morgan fingerprint density at radius 1 is 1.03 bits per heavy atom. The molecule has 3 aromatic carbocycles. The lowest BCUT2D eigenvalue weighted by Gasteiger charge is -2.27. The van der Waals surface area contributed by atoms with Crippen LogP contribution in [0, 0.1) is 6.92 Å². The van der Waals surface area contributed by atoms with Crippen molar-refractivity contribution >= 4 is 51.0 Å². The summed E-state index contributed by atoms with van der Waals surface area (Å²) in [7, 11) is -5.19. The molecule has 0 radical (unpaired) electrons. The molecule has 0 aliphatic carbocycles. The van der Waals surface area contributed by atoms with Gasteiger partial charge in [0.2, 0.25) is 10.0 Å². The van der Waals surface area contributed by atoms with E-state index in [1.807, 2.05) is 44.3 Å². The second-order valence-corrected chi connectivity index (χ2v) is 10.8. The maximum absolute atomic E-state index is 13.9. The third-order valence-corrected chi connectivity index (χ3v) is 8.41. The lowest BCUT2D eigenvalue weighted by atomic mass is 9.73. The Morgan fingerprint density at radius 2 is 1.71 bits per heavy atom. The Balaban J connectivity index is 1.65. The zero-order chi connectivity index (χ0) is 24.0. The molecule has 1 saturated heterocycles. The first-order chi connectivity index (χ1) is 16.3. The molecule has 5 rings (SSSR count). The van der Waals surface area contributed by atoms with E-state index in [9.17, 15) is 13.2 Å². The van der Waals surface area contributed by atoms with Gasteiger partial charge in [0, 0.05) is 28.0 Å². The number of aromatic amines is 1. The summed E-state index contributed by atoms with van der Waals surface area (Å²) in [6.45, 7) is 3.74. The number of aromatic nitrogens is 1. The smallest absolute Gasteiger partial charge is 0.502 e. The number of halogens is 1. The maximum atomic E-state index is 13.9. The molecule has 1 aliphatic heterocycles. The molecule has 2 atom stereocenters. The standard InChI is InChI=1S/C25H22BClN2O4S/c1-16-7-13-20(14-8-16)34(31,32)29-24(17(2)22-15-28-23-6-4-3-5-21(22)23)25(30)33-26(29)18-9-11-19(27)12-10-18/h3-15,17,24,28H,1-2H3/t17-,24+/m1/s1. The minimum absolute atomic E-state index is 0.103. The highest BCUT2D eigenvalue weighted by Crippen LogP contribution is 2.36. The van der Waals surface area contributed by atoms with Crippen LogP contribution in [0.3, 0.4) is 0 Å². The number of hydrogen-bond acceptors (Lipinski definition) is 4.